The molecule has 1 unspecified atom stereocenters. The highest BCUT2D eigenvalue weighted by Crippen LogP contribution is 2.24. The third-order valence-electron chi connectivity index (χ3n) is 6.20. The lowest BCUT2D eigenvalue weighted by atomic mass is 9.96. The topological polar surface area (TPSA) is 69.7 Å². The SMILES string of the molecule is O=C(Nc1ccc(S(=O)(=O)N2CCCCC2)cc1)C1CCCN(Cc2ccccc2)C1. The molecular formula is C24H31N3O3S. The third kappa shape index (κ3) is 5.53. The van der Waals surface area contributed by atoms with E-state index in [2.05, 4.69) is 22.3 Å². The molecule has 2 aliphatic heterocycles. The minimum absolute atomic E-state index is 0.00407. The first-order valence-corrected chi connectivity index (χ1v) is 12.6. The molecule has 0 spiro atoms. The molecule has 2 heterocycles. The van der Waals surface area contributed by atoms with Crippen molar-refractivity contribution >= 4 is 21.6 Å². The molecule has 4 rings (SSSR count). The number of rotatable bonds is 6. The van der Waals surface area contributed by atoms with Crippen LogP contribution in [0.25, 0.3) is 0 Å². The van der Waals surface area contributed by atoms with Gasteiger partial charge in [0.2, 0.25) is 15.9 Å². The van der Waals surface area contributed by atoms with E-state index in [0.717, 1.165) is 51.7 Å². The first-order valence-electron chi connectivity index (χ1n) is 11.2. The second-order valence-electron chi connectivity index (χ2n) is 8.54. The molecule has 166 valence electrons. The molecule has 1 atom stereocenters. The molecule has 0 radical (unpaired) electrons. The van der Waals surface area contributed by atoms with Crippen LogP contribution in [-0.4, -0.2) is 49.7 Å². The van der Waals surface area contributed by atoms with Gasteiger partial charge < -0.3 is 5.32 Å². The van der Waals surface area contributed by atoms with Gasteiger partial charge in [0.1, 0.15) is 0 Å². The maximum atomic E-state index is 12.8. The summed E-state index contributed by atoms with van der Waals surface area (Å²) < 4.78 is 27.1. The normalized spacial score (nSPS) is 21.0. The summed E-state index contributed by atoms with van der Waals surface area (Å²) in [5.74, 6) is -0.0568. The number of benzene rings is 2. The fourth-order valence-corrected chi connectivity index (χ4v) is 5.98. The van der Waals surface area contributed by atoms with E-state index in [9.17, 15) is 13.2 Å². The molecule has 1 amide bonds. The third-order valence-corrected chi connectivity index (χ3v) is 8.11. The van der Waals surface area contributed by atoms with Crippen LogP contribution in [0, 0.1) is 5.92 Å². The highest BCUT2D eigenvalue weighted by Gasteiger charge is 2.27. The molecule has 2 aromatic rings. The summed E-state index contributed by atoms with van der Waals surface area (Å²) in [5, 5.41) is 2.98. The van der Waals surface area contributed by atoms with Crippen molar-refractivity contribution in [1.82, 2.24) is 9.21 Å². The molecule has 1 N–H and O–H groups in total. The van der Waals surface area contributed by atoms with Crippen molar-refractivity contribution in [3.63, 3.8) is 0 Å². The Morgan fingerprint density at radius 1 is 0.903 bits per heavy atom. The number of piperidine rings is 2. The molecule has 6 nitrogen and oxygen atoms in total. The van der Waals surface area contributed by atoms with Crippen LogP contribution in [0.5, 0.6) is 0 Å². The Hall–Kier alpha value is -2.22. The van der Waals surface area contributed by atoms with Gasteiger partial charge in [0.15, 0.2) is 0 Å². The van der Waals surface area contributed by atoms with Crippen molar-refractivity contribution in [2.24, 2.45) is 5.92 Å². The average molecular weight is 442 g/mol. The van der Waals surface area contributed by atoms with Crippen LogP contribution in [-0.2, 0) is 21.4 Å². The van der Waals surface area contributed by atoms with E-state index in [4.69, 9.17) is 0 Å². The van der Waals surface area contributed by atoms with Gasteiger partial charge in [-0.25, -0.2) is 8.42 Å². The van der Waals surface area contributed by atoms with Crippen molar-refractivity contribution in [1.29, 1.82) is 0 Å². The van der Waals surface area contributed by atoms with E-state index in [0.29, 0.717) is 23.7 Å². The molecule has 31 heavy (non-hydrogen) atoms. The Bertz CT molecular complexity index is 971. The molecule has 2 fully saturated rings. The number of amides is 1. The maximum absolute atomic E-state index is 12.8. The predicted octanol–water partition coefficient (Wildman–Crippen LogP) is 3.71. The van der Waals surface area contributed by atoms with Gasteiger partial charge in [-0.05, 0) is 62.1 Å². The zero-order chi connectivity index (χ0) is 21.7. The number of carbonyl (C=O) groups is 1. The maximum Gasteiger partial charge on any atom is 0.243 e. The number of hydrogen-bond donors (Lipinski definition) is 1. The molecule has 2 saturated heterocycles. The predicted molar refractivity (Wildman–Crippen MR) is 122 cm³/mol. The monoisotopic (exact) mass is 441 g/mol. The van der Waals surface area contributed by atoms with Crippen LogP contribution in [0.15, 0.2) is 59.5 Å². The van der Waals surface area contributed by atoms with Crippen molar-refractivity contribution in [2.45, 2.75) is 43.5 Å². The van der Waals surface area contributed by atoms with Gasteiger partial charge in [0, 0.05) is 31.9 Å². The van der Waals surface area contributed by atoms with Crippen LogP contribution < -0.4 is 5.32 Å². The highest BCUT2D eigenvalue weighted by atomic mass is 32.2. The van der Waals surface area contributed by atoms with E-state index in [1.54, 1.807) is 28.6 Å². The minimum Gasteiger partial charge on any atom is -0.326 e. The summed E-state index contributed by atoms with van der Waals surface area (Å²) in [4.78, 5) is 15.5. The number of sulfonamides is 1. The van der Waals surface area contributed by atoms with Crippen LogP contribution in [0.3, 0.4) is 0 Å². The standard InChI is InChI=1S/C24H31N3O3S/c28-24(21-10-7-15-26(19-21)18-20-8-3-1-4-9-20)25-22-11-13-23(14-12-22)31(29,30)27-16-5-2-6-17-27/h1,3-4,8-9,11-14,21H,2,5-7,10,15-19H2,(H,25,28). The summed E-state index contributed by atoms with van der Waals surface area (Å²) in [6, 6.07) is 16.9. The van der Waals surface area contributed by atoms with Gasteiger partial charge in [0.05, 0.1) is 10.8 Å². The van der Waals surface area contributed by atoms with Gasteiger partial charge in [-0.1, -0.05) is 36.8 Å². The van der Waals surface area contributed by atoms with Crippen molar-refractivity contribution in [3.05, 3.63) is 60.2 Å². The van der Waals surface area contributed by atoms with Gasteiger partial charge >= 0.3 is 0 Å². The molecule has 2 aromatic carbocycles. The molecule has 2 aliphatic rings. The van der Waals surface area contributed by atoms with Crippen LogP contribution in [0.2, 0.25) is 0 Å². The number of nitrogens with zero attached hydrogens (tertiary/aromatic N) is 2. The van der Waals surface area contributed by atoms with E-state index in [-0.39, 0.29) is 11.8 Å². The molecule has 0 saturated carbocycles. The quantitative estimate of drug-likeness (QED) is 0.742. The Morgan fingerprint density at radius 2 is 1.61 bits per heavy atom. The Kier molecular flexibility index (Phi) is 7.05. The average Bonchev–Trinajstić information content (AvgIpc) is 2.81. The highest BCUT2D eigenvalue weighted by molar-refractivity contribution is 7.89. The lowest BCUT2D eigenvalue weighted by Crippen LogP contribution is -2.40. The second kappa shape index (κ2) is 9.94. The summed E-state index contributed by atoms with van der Waals surface area (Å²) in [7, 11) is -3.45. The molecular weight excluding hydrogens is 410 g/mol. The van der Waals surface area contributed by atoms with E-state index < -0.39 is 10.0 Å². The number of likely N-dealkylation sites (tertiary alicyclic amines) is 1. The number of nitrogens with one attached hydrogen (secondary N) is 1. The Balaban J connectivity index is 1.35. The lowest BCUT2D eigenvalue weighted by Gasteiger charge is -2.32. The fourth-order valence-electron chi connectivity index (χ4n) is 4.46. The summed E-state index contributed by atoms with van der Waals surface area (Å²) in [5.41, 5.74) is 1.90. The Labute approximate surface area is 185 Å². The minimum atomic E-state index is -3.45. The van der Waals surface area contributed by atoms with Gasteiger partial charge in [-0.3, -0.25) is 9.69 Å². The Morgan fingerprint density at radius 3 is 2.32 bits per heavy atom. The fraction of sp³-hybridized carbons (Fsp3) is 0.458. The number of hydrogen-bond acceptors (Lipinski definition) is 4. The molecule has 0 bridgehead atoms. The van der Waals surface area contributed by atoms with Crippen molar-refractivity contribution in [3.8, 4) is 0 Å². The van der Waals surface area contributed by atoms with Crippen LogP contribution in [0.4, 0.5) is 5.69 Å². The van der Waals surface area contributed by atoms with Gasteiger partial charge in [0.25, 0.3) is 0 Å². The number of anilines is 1. The summed E-state index contributed by atoms with van der Waals surface area (Å²) in [6.07, 6.45) is 4.78. The first kappa shape index (κ1) is 22.0. The van der Waals surface area contributed by atoms with E-state index in [1.807, 2.05) is 18.2 Å². The first-order chi connectivity index (χ1) is 15.0. The molecule has 0 aromatic heterocycles. The van der Waals surface area contributed by atoms with E-state index in [1.165, 1.54) is 5.56 Å². The van der Waals surface area contributed by atoms with Crippen molar-refractivity contribution < 1.29 is 13.2 Å². The van der Waals surface area contributed by atoms with Gasteiger partial charge in [-0.2, -0.15) is 4.31 Å². The van der Waals surface area contributed by atoms with Crippen LogP contribution >= 0.6 is 0 Å². The smallest absolute Gasteiger partial charge is 0.243 e. The molecule has 7 heteroatoms. The van der Waals surface area contributed by atoms with Gasteiger partial charge in [-0.15, -0.1) is 0 Å². The zero-order valence-corrected chi connectivity index (χ0v) is 18.7. The van der Waals surface area contributed by atoms with E-state index >= 15 is 0 Å². The summed E-state index contributed by atoms with van der Waals surface area (Å²) >= 11 is 0. The van der Waals surface area contributed by atoms with Crippen LogP contribution in [0.1, 0.15) is 37.7 Å². The number of carbonyl (C=O) groups excluding carboxylic acids is 1. The zero-order valence-electron chi connectivity index (χ0n) is 17.9. The van der Waals surface area contributed by atoms with Crippen molar-refractivity contribution in [2.75, 3.05) is 31.5 Å². The largest absolute Gasteiger partial charge is 0.326 e. The molecule has 0 aliphatic carbocycles. The second-order valence-corrected chi connectivity index (χ2v) is 10.5. The summed E-state index contributed by atoms with van der Waals surface area (Å²) in [6.45, 7) is 3.77. The lowest BCUT2D eigenvalue weighted by molar-refractivity contribution is -0.121.